The summed E-state index contributed by atoms with van der Waals surface area (Å²) in [6, 6.07) is 7.84. The maximum absolute atomic E-state index is 4.32. The second-order valence-corrected chi connectivity index (χ2v) is 3.12. The second-order valence-electron chi connectivity index (χ2n) is 3.12. The van der Waals surface area contributed by atoms with Gasteiger partial charge in [0.1, 0.15) is 5.82 Å². The van der Waals surface area contributed by atoms with Crippen LogP contribution in [-0.2, 0) is 21.1 Å². The summed E-state index contributed by atoms with van der Waals surface area (Å²) in [5.74, 6) is 0.736. The van der Waals surface area contributed by atoms with Crippen LogP contribution in [0.1, 0.15) is 33.5 Å². The molecule has 0 unspecified atom stereocenters. The van der Waals surface area contributed by atoms with Crippen molar-refractivity contribution in [3.8, 4) is 0 Å². The summed E-state index contributed by atoms with van der Waals surface area (Å²) < 4.78 is 1.58. The van der Waals surface area contributed by atoms with Crippen molar-refractivity contribution in [2.75, 3.05) is 0 Å². The summed E-state index contributed by atoms with van der Waals surface area (Å²) in [7, 11) is 0. The van der Waals surface area contributed by atoms with Gasteiger partial charge >= 0.3 is 21.1 Å². The van der Waals surface area contributed by atoms with E-state index in [1.807, 2.05) is 58.9 Å². The number of aryl methyl sites for hydroxylation is 1. The fourth-order valence-electron chi connectivity index (χ4n) is 1.52. The minimum absolute atomic E-state index is 0. The Labute approximate surface area is 135 Å². The van der Waals surface area contributed by atoms with E-state index in [4.69, 9.17) is 0 Å². The molecular weight excluding hydrogens is 420 g/mol. The second kappa shape index (κ2) is 10.5. The summed E-state index contributed by atoms with van der Waals surface area (Å²) >= 11 is 0. The number of fused-ring (bicyclic) bond motifs is 3. The molecule has 1 aromatic carbocycles. The minimum Gasteiger partial charge on any atom is -0.366 e. The summed E-state index contributed by atoms with van der Waals surface area (Å²) in [5.41, 5.74) is 1.71. The molecule has 2 heterocycles. The summed E-state index contributed by atoms with van der Waals surface area (Å²) in [5, 5.41) is 5.16. The number of hydrogen-bond donors (Lipinski definition) is 0. The fraction of sp³-hybridized carbons (Fsp3) is 0.333. The molecule has 0 aliphatic rings. The van der Waals surface area contributed by atoms with Crippen LogP contribution in [0.4, 0.5) is 0 Å². The Hall–Kier alpha value is -1.28. The average molecular weight is 442 g/mol. The summed E-state index contributed by atoms with van der Waals surface area (Å²) in [4.78, 5) is 8.48. The molecule has 0 atom stereocenters. The van der Waals surface area contributed by atoms with Crippen LogP contribution in [0.25, 0.3) is 16.6 Å². The molecule has 0 fully saturated rings. The van der Waals surface area contributed by atoms with Crippen LogP contribution < -0.4 is 0 Å². The summed E-state index contributed by atoms with van der Waals surface area (Å²) in [6.45, 7) is 9.86. The third-order valence-corrected chi connectivity index (χ3v) is 2.12. The van der Waals surface area contributed by atoms with Crippen molar-refractivity contribution >= 4 is 16.6 Å². The molecule has 0 N–H and O–H groups in total. The number of aromatic nitrogens is 4. The van der Waals surface area contributed by atoms with Crippen LogP contribution in [-0.4, -0.2) is 19.6 Å². The third-order valence-electron chi connectivity index (χ3n) is 2.12. The maximum Gasteiger partial charge on any atom is 2.00 e. The van der Waals surface area contributed by atoms with Crippen molar-refractivity contribution < 1.29 is 21.1 Å². The van der Waals surface area contributed by atoms with E-state index in [-0.39, 0.29) is 28.5 Å². The van der Waals surface area contributed by atoms with Gasteiger partial charge in [0.15, 0.2) is 0 Å². The SMILES string of the molecule is CC.CC.Cc1nc2c3ccccc3n[c-]n2n1.[CH3-].[W+2]. The van der Waals surface area contributed by atoms with Gasteiger partial charge in [0.05, 0.1) is 5.65 Å². The molecule has 108 valence electrons. The van der Waals surface area contributed by atoms with Crippen LogP contribution in [0.2, 0.25) is 0 Å². The number of benzene rings is 1. The molecule has 0 bridgehead atoms. The van der Waals surface area contributed by atoms with Crippen molar-refractivity contribution in [2.45, 2.75) is 34.6 Å². The van der Waals surface area contributed by atoms with Gasteiger partial charge in [-0.15, -0.1) is 0 Å². The van der Waals surface area contributed by atoms with E-state index in [9.17, 15) is 0 Å². The van der Waals surface area contributed by atoms with Crippen molar-refractivity contribution in [1.82, 2.24) is 19.6 Å². The van der Waals surface area contributed by atoms with Gasteiger partial charge in [-0.05, 0) is 12.4 Å². The largest absolute Gasteiger partial charge is 2.00 e. The Balaban J connectivity index is 0. The average Bonchev–Trinajstić information content (AvgIpc) is 2.84. The Kier molecular flexibility index (Phi) is 11.0. The Morgan fingerprint density at radius 1 is 1.05 bits per heavy atom. The molecule has 0 spiro atoms. The fourth-order valence-corrected chi connectivity index (χ4v) is 1.52. The van der Waals surface area contributed by atoms with Gasteiger partial charge in [-0.1, -0.05) is 57.3 Å². The zero-order valence-corrected chi connectivity index (χ0v) is 15.9. The molecule has 0 aliphatic heterocycles. The predicted molar refractivity (Wildman–Crippen MR) is 81.0 cm³/mol. The first-order valence-electron chi connectivity index (χ1n) is 6.34. The van der Waals surface area contributed by atoms with Crippen molar-refractivity contribution in [3.63, 3.8) is 0 Å². The zero-order valence-electron chi connectivity index (χ0n) is 13.0. The van der Waals surface area contributed by atoms with E-state index in [0.717, 1.165) is 22.4 Å². The molecule has 3 rings (SSSR count). The molecule has 0 saturated carbocycles. The van der Waals surface area contributed by atoms with E-state index in [1.165, 1.54) is 0 Å². The van der Waals surface area contributed by atoms with Gasteiger partial charge in [0, 0.05) is 6.33 Å². The Bertz CT molecular complexity index is 619. The van der Waals surface area contributed by atoms with E-state index in [2.05, 4.69) is 21.4 Å². The Morgan fingerprint density at radius 2 is 1.65 bits per heavy atom. The van der Waals surface area contributed by atoms with Crippen LogP contribution in [0, 0.1) is 20.7 Å². The number of rotatable bonds is 0. The van der Waals surface area contributed by atoms with Gasteiger partial charge in [-0.25, -0.2) is 0 Å². The number of hydrogen-bond acceptors (Lipinski definition) is 3. The smallest absolute Gasteiger partial charge is 0.366 e. The van der Waals surface area contributed by atoms with Gasteiger partial charge in [0.2, 0.25) is 0 Å². The number of nitrogens with zero attached hydrogens (tertiary/aromatic N) is 4. The summed E-state index contributed by atoms with van der Waals surface area (Å²) in [6.07, 6.45) is 2.81. The van der Waals surface area contributed by atoms with Crippen LogP contribution in [0.15, 0.2) is 24.3 Å². The topological polar surface area (TPSA) is 43.1 Å². The molecule has 0 aliphatic carbocycles. The first kappa shape index (κ1) is 21.0. The van der Waals surface area contributed by atoms with Crippen molar-refractivity contribution in [2.24, 2.45) is 0 Å². The minimum atomic E-state index is 0. The molecule has 0 saturated heterocycles. The van der Waals surface area contributed by atoms with Gasteiger partial charge in [-0.3, -0.25) is 4.98 Å². The molecule has 0 amide bonds. The Morgan fingerprint density at radius 3 is 2.30 bits per heavy atom. The van der Waals surface area contributed by atoms with Crippen LogP contribution in [0.5, 0.6) is 0 Å². The molecule has 4 nitrogen and oxygen atoms in total. The van der Waals surface area contributed by atoms with Gasteiger partial charge < -0.3 is 16.9 Å². The van der Waals surface area contributed by atoms with Crippen LogP contribution in [0.3, 0.4) is 0 Å². The number of para-hydroxylation sites is 1. The monoisotopic (exact) mass is 442 g/mol. The van der Waals surface area contributed by atoms with Crippen molar-refractivity contribution in [1.29, 1.82) is 0 Å². The van der Waals surface area contributed by atoms with Crippen molar-refractivity contribution in [3.05, 3.63) is 43.8 Å². The molecule has 20 heavy (non-hydrogen) atoms. The molecule has 3 aromatic rings. The maximum atomic E-state index is 4.32. The van der Waals surface area contributed by atoms with E-state index < -0.39 is 0 Å². The molecular formula is C15H22N4W. The van der Waals surface area contributed by atoms with E-state index in [0.29, 0.717) is 0 Å². The normalized spacial score (nSPS) is 8.45. The molecule has 2 aromatic heterocycles. The first-order chi connectivity index (χ1) is 8.84. The van der Waals surface area contributed by atoms with Gasteiger partial charge in [0.25, 0.3) is 0 Å². The standard InChI is InChI=1S/C10H7N4.2C2H6.CH3.W/c1-7-12-10-8-4-2-3-5-9(8)11-6-14(10)13-7;2*1-2;;/h2-5H,1H3;2*1-2H3;1H3;/q-1;;;-1;+2. The van der Waals surface area contributed by atoms with E-state index >= 15 is 0 Å². The molecule has 5 heteroatoms. The first-order valence-corrected chi connectivity index (χ1v) is 6.34. The van der Waals surface area contributed by atoms with Crippen LogP contribution >= 0.6 is 0 Å². The molecule has 0 radical (unpaired) electrons. The van der Waals surface area contributed by atoms with E-state index in [1.54, 1.807) is 4.52 Å². The predicted octanol–water partition coefficient (Wildman–Crippen LogP) is 3.89. The zero-order chi connectivity index (χ0) is 13.5. The third kappa shape index (κ3) is 4.38. The quantitative estimate of drug-likeness (QED) is 0.497. The van der Waals surface area contributed by atoms with Gasteiger partial charge in [-0.2, -0.15) is 5.10 Å².